The van der Waals surface area contributed by atoms with Crippen LogP contribution in [0.4, 0.5) is 34.5 Å². The molecule has 0 saturated carbocycles. The first-order valence-corrected chi connectivity index (χ1v) is 16.5. The summed E-state index contributed by atoms with van der Waals surface area (Å²) in [4.78, 5) is 23.8. The highest BCUT2D eigenvalue weighted by Gasteiger charge is 2.27. The lowest BCUT2D eigenvalue weighted by molar-refractivity contribution is 0.315. The lowest BCUT2D eigenvalue weighted by atomic mass is 10.1. The van der Waals surface area contributed by atoms with E-state index in [1.165, 1.54) is 17.5 Å². The molecule has 3 heterocycles. The summed E-state index contributed by atoms with van der Waals surface area (Å²) in [6.45, 7) is 6.28. The minimum atomic E-state index is 0.464. The van der Waals surface area contributed by atoms with E-state index in [0.717, 1.165) is 71.0 Å². The maximum absolute atomic E-state index is 5.91. The summed E-state index contributed by atoms with van der Waals surface area (Å²) in [5, 5.41) is 7.07. The van der Waals surface area contributed by atoms with Crippen LogP contribution in [0, 0.1) is 0 Å². The molecule has 1 unspecified atom stereocenters. The summed E-state index contributed by atoms with van der Waals surface area (Å²) in [6.07, 6.45) is 11.5. The first kappa shape index (κ1) is 32.1. The third-order valence-electron chi connectivity index (χ3n) is 8.34. The second-order valence-electron chi connectivity index (χ2n) is 11.2. The van der Waals surface area contributed by atoms with Gasteiger partial charge in [0.1, 0.15) is 17.1 Å². The third kappa shape index (κ3) is 6.71. The number of nitrogens with one attached hydrogen (secondary N) is 2. The van der Waals surface area contributed by atoms with Gasteiger partial charge in [-0.2, -0.15) is 4.98 Å². The zero-order valence-corrected chi connectivity index (χ0v) is 28.1. The molecule has 0 spiro atoms. The highest BCUT2D eigenvalue weighted by atomic mass is 32.2. The largest absolute Gasteiger partial charge is 0.494 e. The topological polar surface area (TPSA) is 121 Å². The molecule has 1 aliphatic heterocycles. The van der Waals surface area contributed by atoms with Crippen molar-refractivity contribution in [2.24, 2.45) is 5.73 Å². The predicted octanol–water partition coefficient (Wildman–Crippen LogP) is 5.82. The number of nitrogens with zero attached hydrogens (tertiary/aromatic N) is 7. The van der Waals surface area contributed by atoms with E-state index in [2.05, 4.69) is 74.8 Å². The fourth-order valence-electron chi connectivity index (χ4n) is 5.83. The van der Waals surface area contributed by atoms with Crippen molar-refractivity contribution in [2.45, 2.75) is 39.2 Å². The molecule has 1 fully saturated rings. The van der Waals surface area contributed by atoms with Gasteiger partial charge in [-0.3, -0.25) is 9.97 Å². The lowest BCUT2D eigenvalue weighted by Crippen LogP contribution is -2.31. The molecule has 0 amide bonds. The van der Waals surface area contributed by atoms with Crippen molar-refractivity contribution in [2.75, 3.05) is 67.4 Å². The number of hydrogen-bond donors (Lipinski definition) is 3. The Kier molecular flexibility index (Phi) is 10.1. The number of rotatable bonds is 12. The average Bonchev–Trinajstić information content (AvgIpc) is 3.56. The summed E-state index contributed by atoms with van der Waals surface area (Å²) < 4.78 is 7.98. The number of ether oxygens (including phenoxy) is 1. The van der Waals surface area contributed by atoms with Crippen LogP contribution < -0.4 is 30.3 Å². The predicted molar refractivity (Wildman–Crippen MR) is 189 cm³/mol. The van der Waals surface area contributed by atoms with E-state index in [1.807, 2.05) is 31.5 Å². The zero-order valence-electron chi connectivity index (χ0n) is 27.3. The van der Waals surface area contributed by atoms with E-state index in [4.69, 9.17) is 20.4 Å². The second-order valence-corrected chi connectivity index (χ2v) is 12.1. The van der Waals surface area contributed by atoms with E-state index >= 15 is 0 Å². The highest BCUT2D eigenvalue weighted by molar-refractivity contribution is 7.99. The fourth-order valence-corrected chi connectivity index (χ4v) is 6.20. The third-order valence-corrected chi connectivity index (χ3v) is 9.07. The van der Waals surface area contributed by atoms with Gasteiger partial charge in [0.05, 0.1) is 35.4 Å². The van der Waals surface area contributed by atoms with Crippen LogP contribution in [0.1, 0.15) is 37.1 Å². The van der Waals surface area contributed by atoms with Crippen LogP contribution in [-0.4, -0.2) is 78.5 Å². The standard InChI is InChI=1S/C33H44N10OS/c1-8-21-18-27(29(44-6)19-28(21)43-17-13-22(20-43)41(3)4)39-33-38-24(9-2)23(12-14-34)32(40-33)37-26-11-10-25-30(36-16-15-35-25)31(26)42(5)45-7/h10-12,14-16,18-19,22H,8-9,13,17,20,34H2,1-7H3,(H2,37,38,39,40)/b14-12-. The van der Waals surface area contributed by atoms with Gasteiger partial charge < -0.3 is 35.2 Å². The van der Waals surface area contributed by atoms with Crippen molar-refractivity contribution >= 4 is 63.6 Å². The molecule has 0 bridgehead atoms. The molecule has 1 saturated heterocycles. The van der Waals surface area contributed by atoms with E-state index in [9.17, 15) is 0 Å². The Morgan fingerprint density at radius 2 is 1.87 bits per heavy atom. The summed E-state index contributed by atoms with van der Waals surface area (Å²) in [5.41, 5.74) is 14.2. The van der Waals surface area contributed by atoms with Crippen LogP contribution in [0.5, 0.6) is 5.75 Å². The van der Waals surface area contributed by atoms with E-state index in [1.54, 1.807) is 31.5 Å². The molecule has 11 nitrogen and oxygen atoms in total. The number of nitrogens with two attached hydrogens (primary N) is 1. The minimum absolute atomic E-state index is 0.464. The summed E-state index contributed by atoms with van der Waals surface area (Å²) >= 11 is 1.59. The van der Waals surface area contributed by atoms with Crippen molar-refractivity contribution in [1.29, 1.82) is 0 Å². The van der Waals surface area contributed by atoms with Gasteiger partial charge in [0, 0.05) is 62.1 Å². The fraction of sp³-hybridized carbons (Fsp3) is 0.394. The van der Waals surface area contributed by atoms with Gasteiger partial charge in [-0.1, -0.05) is 25.8 Å². The van der Waals surface area contributed by atoms with Crippen LogP contribution in [0.3, 0.4) is 0 Å². The van der Waals surface area contributed by atoms with Crippen molar-refractivity contribution in [3.05, 3.63) is 59.7 Å². The van der Waals surface area contributed by atoms with Crippen LogP contribution in [0.2, 0.25) is 0 Å². The molecule has 4 N–H and O–H groups in total. The molecule has 238 valence electrons. The lowest BCUT2D eigenvalue weighted by Gasteiger charge is -2.25. The van der Waals surface area contributed by atoms with Gasteiger partial charge in [-0.05, 0) is 69.4 Å². The number of hydrogen-bond acceptors (Lipinski definition) is 12. The normalized spacial score (nSPS) is 14.9. The Balaban J connectivity index is 1.56. The van der Waals surface area contributed by atoms with Crippen LogP contribution in [-0.2, 0) is 12.8 Å². The van der Waals surface area contributed by atoms with Gasteiger partial charge in [-0.25, -0.2) is 4.98 Å². The first-order valence-electron chi connectivity index (χ1n) is 15.3. The smallest absolute Gasteiger partial charge is 0.229 e. The summed E-state index contributed by atoms with van der Waals surface area (Å²) in [5.74, 6) is 1.84. The number of benzene rings is 2. The van der Waals surface area contributed by atoms with Crippen molar-refractivity contribution in [1.82, 2.24) is 24.8 Å². The molecule has 2 aromatic carbocycles. The van der Waals surface area contributed by atoms with Crippen molar-refractivity contribution in [3.8, 4) is 5.75 Å². The van der Waals surface area contributed by atoms with Gasteiger partial charge in [0.25, 0.3) is 0 Å². The highest BCUT2D eigenvalue weighted by Crippen LogP contribution is 2.39. The van der Waals surface area contributed by atoms with Gasteiger partial charge in [0.15, 0.2) is 0 Å². The molecule has 2 aromatic heterocycles. The Morgan fingerprint density at radius 1 is 1.07 bits per heavy atom. The molecular formula is C33H44N10OS. The minimum Gasteiger partial charge on any atom is -0.494 e. The van der Waals surface area contributed by atoms with Crippen LogP contribution >= 0.6 is 11.9 Å². The molecule has 0 radical (unpaired) electrons. The molecule has 5 rings (SSSR count). The molecule has 45 heavy (non-hydrogen) atoms. The Bertz CT molecular complexity index is 1680. The Hall–Kier alpha value is -4.29. The Morgan fingerprint density at radius 3 is 2.53 bits per heavy atom. The van der Waals surface area contributed by atoms with Crippen LogP contribution in [0.15, 0.2) is 42.9 Å². The zero-order chi connectivity index (χ0) is 32.1. The number of fused-ring (bicyclic) bond motifs is 1. The van der Waals surface area contributed by atoms with Crippen LogP contribution in [0.25, 0.3) is 17.1 Å². The van der Waals surface area contributed by atoms with Crippen molar-refractivity contribution in [3.63, 3.8) is 0 Å². The maximum atomic E-state index is 5.91. The average molecular weight is 629 g/mol. The van der Waals surface area contributed by atoms with Gasteiger partial charge in [0.2, 0.25) is 5.95 Å². The number of likely N-dealkylation sites (N-methyl/N-ethyl adjacent to an activating group) is 1. The van der Waals surface area contributed by atoms with Gasteiger partial charge >= 0.3 is 0 Å². The molecule has 0 aliphatic carbocycles. The number of methoxy groups -OCH3 is 1. The molecular weight excluding hydrogens is 584 g/mol. The maximum Gasteiger partial charge on any atom is 0.229 e. The van der Waals surface area contributed by atoms with E-state index in [0.29, 0.717) is 24.2 Å². The SMILES string of the molecule is CCc1cc(Nc2nc(CC)c(/C=C\N)c(Nc3ccc4nccnc4c3N(C)SC)n2)c(OC)cc1N1CCC(N(C)C)C1. The molecule has 4 aromatic rings. The quantitative estimate of drug-likeness (QED) is 0.164. The van der Waals surface area contributed by atoms with E-state index in [-0.39, 0.29) is 0 Å². The van der Waals surface area contributed by atoms with Crippen molar-refractivity contribution < 1.29 is 4.74 Å². The number of aryl methyl sites for hydroxylation is 2. The monoisotopic (exact) mass is 628 g/mol. The number of anilines is 6. The summed E-state index contributed by atoms with van der Waals surface area (Å²) in [6, 6.07) is 8.81. The second kappa shape index (κ2) is 14.2. The molecule has 1 atom stereocenters. The molecule has 1 aliphatic rings. The summed E-state index contributed by atoms with van der Waals surface area (Å²) in [7, 11) is 8.02. The van der Waals surface area contributed by atoms with Gasteiger partial charge in [-0.15, -0.1) is 0 Å². The Labute approximate surface area is 270 Å². The number of aromatic nitrogens is 4. The molecule has 12 heteroatoms. The van der Waals surface area contributed by atoms with E-state index < -0.39 is 0 Å². The first-order chi connectivity index (χ1) is 21.8.